The van der Waals surface area contributed by atoms with Gasteiger partial charge in [0.1, 0.15) is 12.1 Å². The van der Waals surface area contributed by atoms with E-state index in [2.05, 4.69) is 30.0 Å². The van der Waals surface area contributed by atoms with Crippen LogP contribution in [0, 0.1) is 5.82 Å². The zero-order valence-corrected chi connectivity index (χ0v) is 13.0. The summed E-state index contributed by atoms with van der Waals surface area (Å²) in [4.78, 5) is 24.0. The molecule has 0 atom stereocenters. The second-order valence-electron chi connectivity index (χ2n) is 5.92. The van der Waals surface area contributed by atoms with E-state index in [1.165, 1.54) is 18.5 Å². The summed E-state index contributed by atoms with van der Waals surface area (Å²) >= 11 is 0. The Morgan fingerprint density at radius 1 is 1.17 bits per heavy atom. The molecule has 0 saturated carbocycles. The number of rotatable bonds is 3. The van der Waals surface area contributed by atoms with E-state index in [4.69, 9.17) is 0 Å². The van der Waals surface area contributed by atoms with Crippen molar-refractivity contribution in [3.05, 3.63) is 52.3 Å². The van der Waals surface area contributed by atoms with Gasteiger partial charge >= 0.3 is 0 Å². The van der Waals surface area contributed by atoms with Crippen LogP contribution in [-0.4, -0.2) is 51.2 Å². The highest BCUT2D eigenvalue weighted by molar-refractivity contribution is 5.78. The Morgan fingerprint density at radius 3 is 2.75 bits per heavy atom. The minimum absolute atomic E-state index is 0.154. The first kappa shape index (κ1) is 14.8. The van der Waals surface area contributed by atoms with E-state index in [9.17, 15) is 9.18 Å². The molecular formula is C16H17FN6O. The molecule has 0 amide bonds. The number of halogens is 1. The number of piperazine rings is 1. The largest absolute Gasteiger partial charge is 0.357 e. The predicted molar refractivity (Wildman–Crippen MR) is 88.4 cm³/mol. The van der Waals surface area contributed by atoms with Gasteiger partial charge in [0, 0.05) is 55.4 Å². The molecule has 0 spiro atoms. The zero-order valence-electron chi connectivity index (χ0n) is 13.0. The van der Waals surface area contributed by atoms with Crippen molar-refractivity contribution in [2.24, 2.45) is 0 Å². The van der Waals surface area contributed by atoms with E-state index in [0.29, 0.717) is 17.4 Å². The number of hydrogen-bond donors (Lipinski definition) is 2. The van der Waals surface area contributed by atoms with Crippen LogP contribution < -0.4 is 10.3 Å². The van der Waals surface area contributed by atoms with Gasteiger partial charge in [-0.15, -0.1) is 0 Å². The third kappa shape index (κ3) is 2.88. The summed E-state index contributed by atoms with van der Waals surface area (Å²) in [6.07, 6.45) is 1.50. The number of aromatic amines is 2. The van der Waals surface area contributed by atoms with E-state index in [0.717, 1.165) is 37.8 Å². The normalized spacial score (nSPS) is 16.0. The highest BCUT2D eigenvalue weighted by Gasteiger charge is 2.19. The quantitative estimate of drug-likeness (QED) is 0.753. The maximum Gasteiger partial charge on any atom is 0.221 e. The second kappa shape index (κ2) is 6.04. The van der Waals surface area contributed by atoms with E-state index in [-0.39, 0.29) is 5.43 Å². The van der Waals surface area contributed by atoms with Crippen molar-refractivity contribution in [1.82, 2.24) is 25.1 Å². The van der Waals surface area contributed by atoms with Gasteiger partial charge in [-0.25, -0.2) is 9.49 Å². The van der Waals surface area contributed by atoms with Crippen LogP contribution in [0.25, 0.3) is 10.9 Å². The molecule has 0 unspecified atom stereocenters. The fourth-order valence-corrected chi connectivity index (χ4v) is 3.07. The van der Waals surface area contributed by atoms with Gasteiger partial charge in [0.05, 0.1) is 0 Å². The monoisotopic (exact) mass is 328 g/mol. The van der Waals surface area contributed by atoms with E-state index in [1.54, 1.807) is 12.1 Å². The molecule has 1 fully saturated rings. The van der Waals surface area contributed by atoms with Crippen LogP contribution in [0.15, 0.2) is 35.4 Å². The average molecular weight is 328 g/mol. The fraction of sp³-hybridized carbons (Fsp3) is 0.312. The smallest absolute Gasteiger partial charge is 0.221 e. The Kier molecular flexibility index (Phi) is 3.73. The molecule has 4 rings (SSSR count). The molecule has 1 aromatic carbocycles. The summed E-state index contributed by atoms with van der Waals surface area (Å²) in [5.41, 5.74) is 1.35. The van der Waals surface area contributed by atoms with Crippen molar-refractivity contribution in [3.63, 3.8) is 0 Å². The molecule has 0 radical (unpaired) electrons. The van der Waals surface area contributed by atoms with Crippen molar-refractivity contribution in [2.75, 3.05) is 31.1 Å². The lowest BCUT2D eigenvalue weighted by molar-refractivity contribution is 0.246. The van der Waals surface area contributed by atoms with Gasteiger partial charge in [0.15, 0.2) is 5.43 Å². The molecule has 124 valence electrons. The SMILES string of the molecule is O=c1cc(CN2CCN(c3ncn[nH]3)CC2)[nH]c2ccc(F)cc12. The zero-order chi connectivity index (χ0) is 16.5. The summed E-state index contributed by atoms with van der Waals surface area (Å²) < 4.78 is 13.3. The molecule has 2 N–H and O–H groups in total. The number of benzene rings is 1. The number of anilines is 1. The van der Waals surface area contributed by atoms with E-state index < -0.39 is 5.82 Å². The first-order valence-electron chi connectivity index (χ1n) is 7.83. The molecule has 24 heavy (non-hydrogen) atoms. The van der Waals surface area contributed by atoms with Crippen LogP contribution in [0.3, 0.4) is 0 Å². The molecular weight excluding hydrogens is 311 g/mol. The van der Waals surface area contributed by atoms with E-state index >= 15 is 0 Å². The van der Waals surface area contributed by atoms with Crippen LogP contribution in [-0.2, 0) is 6.54 Å². The van der Waals surface area contributed by atoms with Crippen molar-refractivity contribution >= 4 is 16.9 Å². The molecule has 7 nitrogen and oxygen atoms in total. The number of nitrogens with zero attached hydrogens (tertiary/aromatic N) is 4. The predicted octanol–water partition coefficient (Wildman–Crippen LogP) is 1.11. The lowest BCUT2D eigenvalue weighted by Crippen LogP contribution is -2.46. The van der Waals surface area contributed by atoms with Gasteiger partial charge in [0.2, 0.25) is 5.95 Å². The standard InChI is InChI=1S/C16H17FN6O/c17-11-1-2-14-13(7-11)15(24)8-12(20-14)9-22-3-5-23(6-4-22)16-18-10-19-21-16/h1-2,7-8,10H,3-6,9H2,(H,20,24)(H,18,19,21). The summed E-state index contributed by atoms with van der Waals surface area (Å²) in [5, 5.41) is 7.13. The molecule has 1 aliphatic heterocycles. The van der Waals surface area contributed by atoms with Crippen LogP contribution in [0.1, 0.15) is 5.69 Å². The van der Waals surface area contributed by atoms with Gasteiger partial charge in [-0.05, 0) is 18.2 Å². The Labute approximate surface area is 137 Å². The van der Waals surface area contributed by atoms with Gasteiger partial charge in [-0.1, -0.05) is 0 Å². The van der Waals surface area contributed by atoms with Crippen molar-refractivity contribution in [2.45, 2.75) is 6.54 Å². The number of pyridine rings is 1. The van der Waals surface area contributed by atoms with Gasteiger partial charge in [-0.2, -0.15) is 10.1 Å². The lowest BCUT2D eigenvalue weighted by Gasteiger charge is -2.34. The minimum Gasteiger partial charge on any atom is -0.357 e. The topological polar surface area (TPSA) is 80.9 Å². The molecule has 0 bridgehead atoms. The maximum atomic E-state index is 13.3. The molecule has 3 aromatic rings. The van der Waals surface area contributed by atoms with E-state index in [1.807, 2.05) is 0 Å². The van der Waals surface area contributed by atoms with Crippen molar-refractivity contribution < 1.29 is 4.39 Å². The fourth-order valence-electron chi connectivity index (χ4n) is 3.07. The summed E-state index contributed by atoms with van der Waals surface area (Å²) in [6, 6.07) is 5.80. The molecule has 8 heteroatoms. The molecule has 3 heterocycles. The Morgan fingerprint density at radius 2 is 2.00 bits per heavy atom. The summed E-state index contributed by atoms with van der Waals surface area (Å²) in [6.45, 7) is 4.08. The number of fused-ring (bicyclic) bond motifs is 1. The van der Waals surface area contributed by atoms with Crippen LogP contribution in [0.4, 0.5) is 10.3 Å². The van der Waals surface area contributed by atoms with Crippen molar-refractivity contribution in [1.29, 1.82) is 0 Å². The molecule has 1 aliphatic rings. The number of H-pyrrole nitrogens is 2. The van der Waals surface area contributed by atoms with Crippen molar-refractivity contribution in [3.8, 4) is 0 Å². The highest BCUT2D eigenvalue weighted by Crippen LogP contribution is 2.14. The highest BCUT2D eigenvalue weighted by atomic mass is 19.1. The minimum atomic E-state index is -0.399. The summed E-state index contributed by atoms with van der Waals surface area (Å²) in [7, 11) is 0. The Hall–Kier alpha value is -2.74. The number of hydrogen-bond acceptors (Lipinski definition) is 5. The van der Waals surface area contributed by atoms with Crippen LogP contribution in [0.5, 0.6) is 0 Å². The second-order valence-corrected chi connectivity index (χ2v) is 5.92. The average Bonchev–Trinajstić information content (AvgIpc) is 3.11. The third-order valence-electron chi connectivity index (χ3n) is 4.32. The third-order valence-corrected chi connectivity index (χ3v) is 4.32. The molecule has 1 saturated heterocycles. The molecule has 0 aliphatic carbocycles. The van der Waals surface area contributed by atoms with Gasteiger partial charge < -0.3 is 9.88 Å². The van der Waals surface area contributed by atoms with Gasteiger partial charge in [0.25, 0.3) is 0 Å². The lowest BCUT2D eigenvalue weighted by atomic mass is 10.2. The van der Waals surface area contributed by atoms with Crippen LogP contribution >= 0.6 is 0 Å². The van der Waals surface area contributed by atoms with Gasteiger partial charge in [-0.3, -0.25) is 9.69 Å². The first-order valence-corrected chi connectivity index (χ1v) is 7.83. The van der Waals surface area contributed by atoms with Crippen LogP contribution in [0.2, 0.25) is 0 Å². The first-order chi connectivity index (χ1) is 11.7. The number of aromatic nitrogens is 4. The Balaban J connectivity index is 1.47. The Bertz CT molecular complexity index is 899. The maximum absolute atomic E-state index is 13.3. The number of nitrogens with one attached hydrogen (secondary N) is 2. The molecule has 2 aromatic heterocycles. The summed E-state index contributed by atoms with van der Waals surface area (Å²) in [5.74, 6) is 0.389.